The van der Waals surface area contributed by atoms with Crippen LogP contribution >= 0.6 is 0 Å². The Morgan fingerprint density at radius 3 is 2.46 bits per heavy atom. The molecule has 10 nitrogen and oxygen atoms in total. The number of nitrogens with one attached hydrogen (secondary N) is 2. The molecule has 0 aliphatic rings. The Morgan fingerprint density at radius 2 is 1.81 bits per heavy atom. The zero-order chi connectivity index (χ0) is 26.7. The quantitative estimate of drug-likeness (QED) is 0.342. The van der Waals surface area contributed by atoms with Gasteiger partial charge in [-0.05, 0) is 36.4 Å². The van der Waals surface area contributed by atoms with E-state index in [9.17, 15) is 18.8 Å². The summed E-state index contributed by atoms with van der Waals surface area (Å²) in [5.41, 5.74) is 6.30. The second-order valence-corrected chi connectivity index (χ2v) is 8.93. The molecule has 0 radical (unpaired) electrons. The Kier molecular flexibility index (Phi) is 6.71. The maximum absolute atomic E-state index is 14.8. The highest BCUT2D eigenvalue weighted by Crippen LogP contribution is 2.29. The lowest BCUT2D eigenvalue weighted by Crippen LogP contribution is -2.22. The molecular formula is C25H22F2N8O2. The van der Waals surface area contributed by atoms with E-state index in [1.807, 2.05) is 26.8 Å². The van der Waals surface area contributed by atoms with Crippen LogP contribution in [0.5, 0.6) is 11.6 Å². The van der Waals surface area contributed by atoms with Crippen LogP contribution in [0.3, 0.4) is 0 Å². The summed E-state index contributed by atoms with van der Waals surface area (Å²) in [5, 5.41) is 18.9. The molecule has 0 aliphatic carbocycles. The Balaban J connectivity index is 1.53. The van der Waals surface area contributed by atoms with Gasteiger partial charge in [-0.25, -0.2) is 28.2 Å². The zero-order valence-corrected chi connectivity index (χ0v) is 20.1. The van der Waals surface area contributed by atoms with Crippen LogP contribution in [-0.4, -0.2) is 25.8 Å². The molecule has 0 saturated carbocycles. The monoisotopic (exact) mass is 504 g/mol. The van der Waals surface area contributed by atoms with Gasteiger partial charge in [-0.1, -0.05) is 20.8 Å². The van der Waals surface area contributed by atoms with E-state index in [0.717, 1.165) is 12.4 Å². The molecule has 0 saturated heterocycles. The molecule has 2 amide bonds. The van der Waals surface area contributed by atoms with Crippen molar-refractivity contribution in [3.05, 3.63) is 77.8 Å². The van der Waals surface area contributed by atoms with E-state index in [2.05, 4.69) is 25.7 Å². The van der Waals surface area contributed by atoms with Gasteiger partial charge in [0.05, 0.1) is 17.1 Å². The number of nitriles is 1. The van der Waals surface area contributed by atoms with Crippen molar-refractivity contribution in [3.8, 4) is 23.4 Å². The molecule has 2 aromatic carbocycles. The van der Waals surface area contributed by atoms with Gasteiger partial charge in [0, 0.05) is 17.5 Å². The number of hydrogen-bond donors (Lipinski definition) is 3. The average molecular weight is 505 g/mol. The van der Waals surface area contributed by atoms with Crippen molar-refractivity contribution in [1.29, 1.82) is 5.26 Å². The van der Waals surface area contributed by atoms with Crippen LogP contribution in [0.15, 0.2) is 54.9 Å². The summed E-state index contributed by atoms with van der Waals surface area (Å²) < 4.78 is 35.1. The standard InChI is InChI=1S/C25H22F2N8O2/c1-25(2,3)20-11-21(35(34-20)15-6-4-14(26)5-7-15)33-24(36)32-19-9-8-16(10-18(19)27)37-23-17(12-28)22(29)30-13-31-23/h4-11,13H,1-3H3,(H2,29,30,31)(H2,32,33,36). The molecule has 0 aliphatic heterocycles. The normalized spacial score (nSPS) is 11.0. The van der Waals surface area contributed by atoms with Gasteiger partial charge in [0.1, 0.15) is 41.4 Å². The highest BCUT2D eigenvalue weighted by molar-refractivity contribution is 5.99. The average Bonchev–Trinajstić information content (AvgIpc) is 3.26. The highest BCUT2D eigenvalue weighted by Gasteiger charge is 2.22. The summed E-state index contributed by atoms with van der Waals surface area (Å²) in [6.45, 7) is 5.88. The van der Waals surface area contributed by atoms with Crippen LogP contribution < -0.4 is 21.1 Å². The molecule has 188 valence electrons. The van der Waals surface area contributed by atoms with Crippen LogP contribution in [0.25, 0.3) is 5.69 Å². The van der Waals surface area contributed by atoms with Gasteiger partial charge in [0.15, 0.2) is 5.56 Å². The summed E-state index contributed by atoms with van der Waals surface area (Å²) in [4.78, 5) is 20.3. The van der Waals surface area contributed by atoms with Gasteiger partial charge in [-0.15, -0.1) is 0 Å². The lowest BCUT2D eigenvalue weighted by atomic mass is 9.92. The van der Waals surface area contributed by atoms with Crippen LogP contribution in [0, 0.1) is 23.0 Å². The molecule has 0 atom stereocenters. The summed E-state index contributed by atoms with van der Waals surface area (Å²) in [6, 6.07) is 12.1. The SMILES string of the molecule is CC(C)(C)c1cc(NC(=O)Nc2ccc(Oc3ncnc(N)c3C#N)cc2F)n(-c2ccc(F)cc2)n1. The highest BCUT2D eigenvalue weighted by atomic mass is 19.1. The molecular weight excluding hydrogens is 482 g/mol. The van der Waals surface area contributed by atoms with E-state index in [1.165, 1.54) is 41.1 Å². The number of nitrogen functional groups attached to an aromatic ring is 1. The number of aromatic nitrogens is 4. The van der Waals surface area contributed by atoms with Crippen molar-refractivity contribution in [1.82, 2.24) is 19.7 Å². The molecule has 4 aromatic rings. The van der Waals surface area contributed by atoms with Crippen LogP contribution in [0.4, 0.5) is 30.9 Å². The first-order valence-electron chi connectivity index (χ1n) is 11.0. The Morgan fingerprint density at radius 1 is 1.08 bits per heavy atom. The third-order valence-corrected chi connectivity index (χ3v) is 5.15. The fourth-order valence-corrected chi connectivity index (χ4v) is 3.22. The lowest BCUT2D eigenvalue weighted by molar-refractivity contribution is 0.262. The van der Waals surface area contributed by atoms with Crippen molar-refractivity contribution in [2.45, 2.75) is 26.2 Å². The van der Waals surface area contributed by atoms with Crippen LogP contribution in [0.1, 0.15) is 32.0 Å². The fraction of sp³-hybridized carbons (Fsp3) is 0.160. The van der Waals surface area contributed by atoms with E-state index >= 15 is 0 Å². The molecule has 0 unspecified atom stereocenters. The number of nitrogens with two attached hydrogens (primary N) is 1. The number of ether oxygens (including phenoxy) is 1. The topological polar surface area (TPSA) is 144 Å². The van der Waals surface area contributed by atoms with Crippen LogP contribution in [-0.2, 0) is 5.41 Å². The third kappa shape index (κ3) is 5.62. The number of hydrogen-bond acceptors (Lipinski definition) is 7. The van der Waals surface area contributed by atoms with Gasteiger partial charge in [-0.3, -0.25) is 5.32 Å². The van der Waals surface area contributed by atoms with Gasteiger partial charge in [0.25, 0.3) is 0 Å². The second-order valence-electron chi connectivity index (χ2n) is 8.93. The number of rotatable bonds is 5. The first-order chi connectivity index (χ1) is 17.5. The van der Waals surface area contributed by atoms with Crippen molar-refractivity contribution in [2.24, 2.45) is 0 Å². The first-order valence-corrected chi connectivity index (χ1v) is 11.0. The number of urea groups is 1. The number of anilines is 3. The molecule has 37 heavy (non-hydrogen) atoms. The number of nitrogens with zero attached hydrogens (tertiary/aromatic N) is 5. The summed E-state index contributed by atoms with van der Waals surface area (Å²) >= 11 is 0. The minimum Gasteiger partial charge on any atom is -0.437 e. The summed E-state index contributed by atoms with van der Waals surface area (Å²) in [6.07, 6.45) is 1.11. The Labute approximate surface area is 210 Å². The molecule has 2 aromatic heterocycles. The maximum Gasteiger partial charge on any atom is 0.324 e. The Hall–Kier alpha value is -5.05. The fourth-order valence-electron chi connectivity index (χ4n) is 3.22. The Bertz CT molecular complexity index is 1500. The number of carbonyl (C=O) groups is 1. The summed E-state index contributed by atoms with van der Waals surface area (Å²) in [5.74, 6) is -1.07. The van der Waals surface area contributed by atoms with Gasteiger partial charge in [-0.2, -0.15) is 10.4 Å². The molecule has 4 rings (SSSR count). The van der Waals surface area contributed by atoms with Gasteiger partial charge in [0.2, 0.25) is 5.88 Å². The van der Waals surface area contributed by atoms with E-state index < -0.39 is 17.7 Å². The smallest absolute Gasteiger partial charge is 0.324 e. The van der Waals surface area contributed by atoms with E-state index in [-0.39, 0.29) is 34.1 Å². The van der Waals surface area contributed by atoms with Crippen molar-refractivity contribution < 1.29 is 18.3 Å². The van der Waals surface area contributed by atoms with E-state index in [1.54, 1.807) is 6.07 Å². The number of carbonyl (C=O) groups excluding carboxylic acids is 1. The van der Waals surface area contributed by atoms with Gasteiger partial charge < -0.3 is 15.8 Å². The zero-order valence-electron chi connectivity index (χ0n) is 20.1. The van der Waals surface area contributed by atoms with Crippen molar-refractivity contribution >= 4 is 23.4 Å². The first kappa shape index (κ1) is 25.1. The van der Waals surface area contributed by atoms with Gasteiger partial charge >= 0.3 is 6.03 Å². The molecule has 2 heterocycles. The molecule has 12 heteroatoms. The minimum atomic E-state index is -0.796. The second kappa shape index (κ2) is 9.90. The predicted molar refractivity (Wildman–Crippen MR) is 132 cm³/mol. The minimum absolute atomic E-state index is 0.0299. The third-order valence-electron chi connectivity index (χ3n) is 5.15. The predicted octanol–water partition coefficient (Wildman–Crippen LogP) is 5.13. The lowest BCUT2D eigenvalue weighted by Gasteiger charge is -2.14. The molecule has 4 N–H and O–H groups in total. The van der Waals surface area contributed by atoms with E-state index in [0.29, 0.717) is 17.2 Å². The van der Waals surface area contributed by atoms with Crippen LogP contribution in [0.2, 0.25) is 0 Å². The van der Waals surface area contributed by atoms with Crippen molar-refractivity contribution in [3.63, 3.8) is 0 Å². The number of amides is 2. The number of benzene rings is 2. The number of halogens is 2. The largest absolute Gasteiger partial charge is 0.437 e. The molecule has 0 bridgehead atoms. The van der Waals surface area contributed by atoms with Crippen molar-refractivity contribution in [2.75, 3.05) is 16.4 Å². The summed E-state index contributed by atoms with van der Waals surface area (Å²) in [7, 11) is 0. The van der Waals surface area contributed by atoms with E-state index in [4.69, 9.17) is 10.5 Å². The molecule has 0 fully saturated rings. The molecule has 0 spiro atoms. The maximum atomic E-state index is 14.8.